The second-order valence-electron chi connectivity index (χ2n) is 7.07. The molecule has 0 bridgehead atoms. The molecule has 3 heterocycles. The van der Waals surface area contributed by atoms with Gasteiger partial charge >= 0.3 is 0 Å². The van der Waals surface area contributed by atoms with E-state index in [1.165, 1.54) is 29.0 Å². The Morgan fingerprint density at radius 2 is 2.25 bits per heavy atom. The van der Waals surface area contributed by atoms with Crippen LogP contribution in [0.4, 0.5) is 0 Å². The fraction of sp³-hybridized carbons (Fsp3) is 0.667. The molecule has 1 atom stereocenters. The second kappa shape index (κ2) is 6.94. The van der Waals surface area contributed by atoms with Crippen molar-refractivity contribution < 1.29 is 4.74 Å². The van der Waals surface area contributed by atoms with Gasteiger partial charge in [-0.25, -0.2) is 4.98 Å². The summed E-state index contributed by atoms with van der Waals surface area (Å²) < 4.78 is 8.07. The molecule has 0 saturated heterocycles. The summed E-state index contributed by atoms with van der Waals surface area (Å²) in [5.74, 6) is 1.27. The molecule has 130 valence electrons. The average molecular weight is 347 g/mol. The molecule has 0 spiro atoms. The Hall–Kier alpha value is -1.24. The van der Waals surface area contributed by atoms with Crippen molar-refractivity contribution in [1.82, 2.24) is 19.7 Å². The number of hydrogen-bond donors (Lipinski definition) is 0. The highest BCUT2D eigenvalue weighted by atomic mass is 32.1. The van der Waals surface area contributed by atoms with Crippen LogP contribution in [0.25, 0.3) is 0 Å². The Labute approximate surface area is 147 Å². The number of thiazole rings is 1. The minimum absolute atomic E-state index is 0.420. The van der Waals surface area contributed by atoms with Gasteiger partial charge in [-0.05, 0) is 32.6 Å². The van der Waals surface area contributed by atoms with E-state index in [-0.39, 0.29) is 0 Å². The van der Waals surface area contributed by atoms with Gasteiger partial charge in [-0.3, -0.25) is 9.58 Å². The van der Waals surface area contributed by atoms with Gasteiger partial charge in [-0.2, -0.15) is 5.10 Å². The zero-order valence-corrected chi connectivity index (χ0v) is 15.4. The van der Waals surface area contributed by atoms with E-state index in [1.807, 2.05) is 5.51 Å². The summed E-state index contributed by atoms with van der Waals surface area (Å²) in [5.41, 5.74) is 5.92. The van der Waals surface area contributed by atoms with E-state index in [4.69, 9.17) is 9.84 Å². The summed E-state index contributed by atoms with van der Waals surface area (Å²) in [5, 5.41) is 4.71. The normalized spacial score (nSPS) is 21.2. The molecule has 6 heteroatoms. The van der Waals surface area contributed by atoms with Crippen molar-refractivity contribution in [3.63, 3.8) is 0 Å². The van der Waals surface area contributed by atoms with Crippen LogP contribution in [0.15, 0.2) is 11.7 Å². The van der Waals surface area contributed by atoms with Crippen LogP contribution in [0.1, 0.15) is 47.5 Å². The minimum atomic E-state index is 0.420. The van der Waals surface area contributed by atoms with Crippen LogP contribution in [0.5, 0.6) is 0 Å². The van der Waals surface area contributed by atoms with E-state index in [2.05, 4.69) is 34.6 Å². The van der Waals surface area contributed by atoms with Gasteiger partial charge in [0.1, 0.15) is 0 Å². The molecule has 4 rings (SSSR count). The van der Waals surface area contributed by atoms with Gasteiger partial charge in [0.2, 0.25) is 0 Å². The van der Waals surface area contributed by atoms with Gasteiger partial charge in [-0.1, -0.05) is 0 Å². The summed E-state index contributed by atoms with van der Waals surface area (Å²) >= 11 is 1.76. The molecule has 0 amide bonds. The van der Waals surface area contributed by atoms with Crippen molar-refractivity contribution in [2.75, 3.05) is 19.8 Å². The molecule has 2 aromatic rings. The Bertz CT molecular complexity index is 691. The van der Waals surface area contributed by atoms with Crippen LogP contribution >= 0.6 is 11.3 Å². The lowest BCUT2D eigenvalue weighted by Crippen LogP contribution is -2.36. The number of ether oxygens (including phenoxy) is 1. The maximum atomic E-state index is 5.80. The van der Waals surface area contributed by atoms with Crippen LogP contribution in [0.3, 0.4) is 0 Å². The Morgan fingerprint density at radius 1 is 1.38 bits per heavy atom. The van der Waals surface area contributed by atoms with Gasteiger partial charge < -0.3 is 4.74 Å². The maximum Gasteiger partial charge on any atom is 0.0798 e. The minimum Gasteiger partial charge on any atom is -0.381 e. The predicted octanol–water partition coefficient (Wildman–Crippen LogP) is 3.19. The van der Waals surface area contributed by atoms with Crippen LogP contribution in [0.2, 0.25) is 0 Å². The van der Waals surface area contributed by atoms with E-state index in [0.29, 0.717) is 5.92 Å². The van der Waals surface area contributed by atoms with Crippen molar-refractivity contribution >= 4 is 11.3 Å². The average Bonchev–Trinajstić information content (AvgIpc) is 3.17. The molecule has 0 unspecified atom stereocenters. The van der Waals surface area contributed by atoms with Crippen molar-refractivity contribution in [3.05, 3.63) is 33.5 Å². The first-order valence-electron chi connectivity index (χ1n) is 8.98. The third kappa shape index (κ3) is 3.41. The van der Waals surface area contributed by atoms with E-state index >= 15 is 0 Å². The molecule has 2 aromatic heterocycles. The van der Waals surface area contributed by atoms with Gasteiger partial charge in [0, 0.05) is 54.8 Å². The highest BCUT2D eigenvalue weighted by Crippen LogP contribution is 2.35. The Kier molecular flexibility index (Phi) is 4.70. The molecule has 1 aliphatic heterocycles. The highest BCUT2D eigenvalue weighted by molar-refractivity contribution is 7.09. The number of hydrogen-bond acceptors (Lipinski definition) is 5. The van der Waals surface area contributed by atoms with Gasteiger partial charge in [-0.15, -0.1) is 11.3 Å². The van der Waals surface area contributed by atoms with Crippen molar-refractivity contribution in [2.45, 2.75) is 52.2 Å². The number of rotatable bonds is 7. The zero-order chi connectivity index (χ0) is 16.5. The molecule has 0 radical (unpaired) electrons. The third-order valence-electron chi connectivity index (χ3n) is 5.08. The molecule has 5 nitrogen and oxygen atoms in total. The standard InChI is InChI=1S/C18H26N4OS/c1-3-23-11-16-9-21(10-17-13(2)19-12-24-17)8-15-6-20-22(18(15)16)7-14-4-5-14/h6,12,14,16H,3-5,7-11H2,1-2H3/t16-/m1/s1. The zero-order valence-electron chi connectivity index (χ0n) is 14.6. The first-order valence-corrected chi connectivity index (χ1v) is 9.86. The Morgan fingerprint density at radius 3 is 2.96 bits per heavy atom. The molecule has 0 N–H and O–H groups in total. The monoisotopic (exact) mass is 346 g/mol. The van der Waals surface area contributed by atoms with E-state index in [9.17, 15) is 0 Å². The lowest BCUT2D eigenvalue weighted by Gasteiger charge is -2.33. The highest BCUT2D eigenvalue weighted by Gasteiger charge is 2.32. The van der Waals surface area contributed by atoms with Crippen molar-refractivity contribution in [3.8, 4) is 0 Å². The molecule has 1 fully saturated rings. The topological polar surface area (TPSA) is 43.2 Å². The van der Waals surface area contributed by atoms with Gasteiger partial charge in [0.15, 0.2) is 0 Å². The van der Waals surface area contributed by atoms with Crippen LogP contribution < -0.4 is 0 Å². The summed E-state index contributed by atoms with van der Waals surface area (Å²) in [6.07, 6.45) is 4.81. The van der Waals surface area contributed by atoms with Crippen LogP contribution in [-0.4, -0.2) is 39.4 Å². The molecule has 1 aliphatic carbocycles. The van der Waals surface area contributed by atoms with Crippen LogP contribution in [0, 0.1) is 12.8 Å². The summed E-state index contributed by atoms with van der Waals surface area (Å²) in [6, 6.07) is 0. The quantitative estimate of drug-likeness (QED) is 0.772. The van der Waals surface area contributed by atoms with E-state index in [1.54, 1.807) is 11.3 Å². The Balaban J connectivity index is 1.54. The first-order chi connectivity index (χ1) is 11.7. The number of aromatic nitrogens is 3. The molecule has 24 heavy (non-hydrogen) atoms. The molecule has 0 aromatic carbocycles. The smallest absolute Gasteiger partial charge is 0.0798 e. The van der Waals surface area contributed by atoms with E-state index < -0.39 is 0 Å². The van der Waals surface area contributed by atoms with Crippen molar-refractivity contribution in [2.24, 2.45) is 5.92 Å². The summed E-state index contributed by atoms with van der Waals surface area (Å²) in [6.45, 7) is 9.84. The number of nitrogens with zero attached hydrogens (tertiary/aromatic N) is 4. The number of fused-ring (bicyclic) bond motifs is 1. The van der Waals surface area contributed by atoms with Crippen molar-refractivity contribution in [1.29, 1.82) is 0 Å². The SMILES string of the molecule is CCOC[C@H]1CN(Cc2scnc2C)Cc2cnn(CC3CC3)c21. The maximum absolute atomic E-state index is 5.80. The van der Waals surface area contributed by atoms with E-state index in [0.717, 1.165) is 51.0 Å². The molecule has 2 aliphatic rings. The fourth-order valence-electron chi connectivity index (χ4n) is 3.62. The number of aryl methyl sites for hydroxylation is 1. The third-order valence-corrected chi connectivity index (χ3v) is 6.00. The predicted molar refractivity (Wildman–Crippen MR) is 95.2 cm³/mol. The molecular formula is C18H26N4OS. The summed E-state index contributed by atoms with van der Waals surface area (Å²) in [7, 11) is 0. The lowest BCUT2D eigenvalue weighted by molar-refractivity contribution is 0.102. The van der Waals surface area contributed by atoms with Gasteiger partial charge in [0.25, 0.3) is 0 Å². The summed E-state index contributed by atoms with van der Waals surface area (Å²) in [4.78, 5) is 8.29. The lowest BCUT2D eigenvalue weighted by atomic mass is 9.96. The largest absolute Gasteiger partial charge is 0.381 e. The van der Waals surface area contributed by atoms with Gasteiger partial charge in [0.05, 0.1) is 24.0 Å². The molecule has 1 saturated carbocycles. The second-order valence-corrected chi connectivity index (χ2v) is 8.01. The molecular weight excluding hydrogens is 320 g/mol. The fourth-order valence-corrected chi connectivity index (χ4v) is 4.43. The first kappa shape index (κ1) is 16.2. The van der Waals surface area contributed by atoms with Crippen LogP contribution in [-0.2, 0) is 24.4 Å².